The minimum atomic E-state index is -4.69. The molecule has 2 rings (SSSR count). The highest BCUT2D eigenvalue weighted by molar-refractivity contribution is 7.86. The van der Waals surface area contributed by atoms with E-state index in [4.69, 9.17) is 20.6 Å². The normalized spacial score (nSPS) is 12.7. The Balaban J connectivity index is 3.09. The van der Waals surface area contributed by atoms with Crippen molar-refractivity contribution in [2.45, 2.75) is 9.79 Å². The predicted octanol–water partition coefficient (Wildman–Crippen LogP) is 0.498. The highest BCUT2D eigenvalue weighted by atomic mass is 32.2. The summed E-state index contributed by atoms with van der Waals surface area (Å²) in [6.07, 6.45) is 0. The monoisotopic (exact) mass is 318 g/mol. The molecule has 0 amide bonds. The van der Waals surface area contributed by atoms with Crippen LogP contribution in [0.25, 0.3) is 10.8 Å². The van der Waals surface area contributed by atoms with Gasteiger partial charge in [-0.25, -0.2) is 0 Å². The molecule has 108 valence electrons. The average Bonchev–Trinajstić information content (AvgIpc) is 2.30. The van der Waals surface area contributed by atoms with Crippen molar-refractivity contribution in [1.29, 1.82) is 0 Å². The first-order valence-electron chi connectivity index (χ1n) is 5.09. The van der Waals surface area contributed by atoms with Gasteiger partial charge < -0.3 is 11.5 Å². The van der Waals surface area contributed by atoms with Crippen molar-refractivity contribution in [3.63, 3.8) is 0 Å². The van der Waals surface area contributed by atoms with Crippen LogP contribution in [-0.4, -0.2) is 25.9 Å². The molecule has 0 aromatic heterocycles. The van der Waals surface area contributed by atoms with E-state index in [9.17, 15) is 16.8 Å². The summed E-state index contributed by atoms with van der Waals surface area (Å²) in [4.78, 5) is -1.26. The smallest absolute Gasteiger partial charge is 0.296 e. The zero-order chi connectivity index (χ0) is 15.3. The first-order chi connectivity index (χ1) is 9.03. The van der Waals surface area contributed by atoms with E-state index in [1.807, 2.05) is 0 Å². The minimum absolute atomic E-state index is 0.144. The molecule has 8 nitrogen and oxygen atoms in total. The third-order valence-corrected chi connectivity index (χ3v) is 4.55. The Morgan fingerprint density at radius 2 is 1.35 bits per heavy atom. The summed E-state index contributed by atoms with van der Waals surface area (Å²) < 4.78 is 63.2. The van der Waals surface area contributed by atoms with E-state index in [1.54, 1.807) is 0 Å². The minimum Gasteiger partial charge on any atom is -0.397 e. The van der Waals surface area contributed by atoms with Crippen LogP contribution in [0.4, 0.5) is 11.4 Å². The number of nitrogen functional groups attached to an aromatic ring is 2. The maximum Gasteiger partial charge on any atom is 0.296 e. The van der Waals surface area contributed by atoms with E-state index in [0.717, 1.165) is 12.1 Å². The van der Waals surface area contributed by atoms with Crippen molar-refractivity contribution in [3.8, 4) is 0 Å². The Bertz CT molecular complexity index is 918. The summed E-state index contributed by atoms with van der Waals surface area (Å²) >= 11 is 0. The Hall–Kier alpha value is -1.88. The number of hydrogen-bond acceptors (Lipinski definition) is 6. The van der Waals surface area contributed by atoms with E-state index in [2.05, 4.69) is 0 Å². The molecule has 0 aliphatic heterocycles. The Labute approximate surface area is 114 Å². The van der Waals surface area contributed by atoms with Gasteiger partial charge in [-0.15, -0.1) is 0 Å². The van der Waals surface area contributed by atoms with E-state index >= 15 is 0 Å². The van der Waals surface area contributed by atoms with Gasteiger partial charge in [-0.3, -0.25) is 9.11 Å². The molecule has 20 heavy (non-hydrogen) atoms. The molecular formula is C10H10N2O6S2. The predicted molar refractivity (Wildman–Crippen MR) is 72.4 cm³/mol. The number of benzene rings is 2. The summed E-state index contributed by atoms with van der Waals surface area (Å²) in [5.74, 6) is 0. The molecule has 10 heteroatoms. The van der Waals surface area contributed by atoms with Crippen LogP contribution in [0.3, 0.4) is 0 Å². The molecule has 2 aromatic carbocycles. The molecule has 6 N–H and O–H groups in total. The fourth-order valence-electron chi connectivity index (χ4n) is 1.85. The van der Waals surface area contributed by atoms with E-state index < -0.39 is 35.7 Å². The molecule has 0 aliphatic rings. The van der Waals surface area contributed by atoms with Crippen molar-refractivity contribution in [2.75, 3.05) is 11.5 Å². The second kappa shape index (κ2) is 4.31. The van der Waals surface area contributed by atoms with Crippen LogP contribution >= 0.6 is 0 Å². The standard InChI is InChI=1S/C10H10N2O6S2/c11-9-5-2-1-3-7(19(13,14)15)6(5)4-8(10(9)12)20(16,17)18/h1-4H,11-12H2,(H,13,14,15)(H,16,17,18). The summed E-state index contributed by atoms with van der Waals surface area (Å²) in [6, 6.07) is 4.64. The molecule has 0 atom stereocenters. The molecule has 0 bridgehead atoms. The lowest BCUT2D eigenvalue weighted by Gasteiger charge is -2.11. The van der Waals surface area contributed by atoms with Crippen LogP contribution in [0.5, 0.6) is 0 Å². The molecule has 0 spiro atoms. The fourth-order valence-corrected chi connectivity index (χ4v) is 3.20. The van der Waals surface area contributed by atoms with Crippen LogP contribution in [-0.2, 0) is 20.2 Å². The zero-order valence-corrected chi connectivity index (χ0v) is 11.4. The van der Waals surface area contributed by atoms with Gasteiger partial charge in [0.15, 0.2) is 0 Å². The van der Waals surface area contributed by atoms with Crippen molar-refractivity contribution in [1.82, 2.24) is 0 Å². The topological polar surface area (TPSA) is 161 Å². The van der Waals surface area contributed by atoms with Gasteiger partial charge in [-0.2, -0.15) is 16.8 Å². The Morgan fingerprint density at radius 1 is 0.800 bits per heavy atom. The van der Waals surface area contributed by atoms with E-state index in [0.29, 0.717) is 0 Å². The van der Waals surface area contributed by atoms with Crippen molar-refractivity contribution in [3.05, 3.63) is 24.3 Å². The van der Waals surface area contributed by atoms with Crippen LogP contribution in [0.1, 0.15) is 0 Å². The largest absolute Gasteiger partial charge is 0.397 e. The second-order valence-corrected chi connectivity index (χ2v) is 6.78. The quantitative estimate of drug-likeness (QED) is 0.459. The lowest BCUT2D eigenvalue weighted by molar-refractivity contribution is 0.480. The molecule has 0 heterocycles. The van der Waals surface area contributed by atoms with Gasteiger partial charge in [0.2, 0.25) is 0 Å². The van der Waals surface area contributed by atoms with Gasteiger partial charge in [0.05, 0.1) is 11.4 Å². The molecule has 0 radical (unpaired) electrons. The lowest BCUT2D eigenvalue weighted by atomic mass is 10.1. The average molecular weight is 318 g/mol. The van der Waals surface area contributed by atoms with Gasteiger partial charge in [-0.05, 0) is 12.1 Å². The Morgan fingerprint density at radius 3 is 1.85 bits per heavy atom. The van der Waals surface area contributed by atoms with Gasteiger partial charge in [0.25, 0.3) is 20.2 Å². The maximum atomic E-state index is 11.3. The van der Waals surface area contributed by atoms with Gasteiger partial charge in [-0.1, -0.05) is 12.1 Å². The molecular weight excluding hydrogens is 308 g/mol. The van der Waals surface area contributed by atoms with Crippen LogP contribution in [0, 0.1) is 0 Å². The van der Waals surface area contributed by atoms with Crippen molar-refractivity contribution in [2.24, 2.45) is 0 Å². The third-order valence-electron chi connectivity index (χ3n) is 2.74. The van der Waals surface area contributed by atoms with Gasteiger partial charge in [0, 0.05) is 10.8 Å². The molecule has 0 fully saturated rings. The first kappa shape index (κ1) is 14.5. The second-order valence-electron chi connectivity index (χ2n) is 4.00. The highest BCUT2D eigenvalue weighted by Crippen LogP contribution is 2.35. The summed E-state index contributed by atoms with van der Waals surface area (Å²) in [5, 5.41) is -0.0145. The number of nitrogens with two attached hydrogens (primary N) is 2. The molecule has 0 aliphatic carbocycles. The number of fused-ring (bicyclic) bond motifs is 1. The molecule has 0 saturated carbocycles. The SMILES string of the molecule is Nc1c(S(=O)(=O)O)cc2c(S(=O)(=O)O)cccc2c1N. The zero-order valence-electron chi connectivity index (χ0n) is 9.81. The molecule has 0 unspecified atom stereocenters. The third kappa shape index (κ3) is 2.29. The summed E-state index contributed by atoms with van der Waals surface area (Å²) in [7, 11) is -9.29. The fraction of sp³-hybridized carbons (Fsp3) is 0. The number of anilines is 2. The molecule has 2 aromatic rings. The van der Waals surface area contributed by atoms with Gasteiger partial charge >= 0.3 is 0 Å². The van der Waals surface area contributed by atoms with Crippen LogP contribution in [0.2, 0.25) is 0 Å². The van der Waals surface area contributed by atoms with Crippen LogP contribution in [0.15, 0.2) is 34.1 Å². The first-order valence-corrected chi connectivity index (χ1v) is 7.97. The van der Waals surface area contributed by atoms with E-state index in [-0.39, 0.29) is 16.5 Å². The van der Waals surface area contributed by atoms with Crippen LogP contribution < -0.4 is 11.5 Å². The summed E-state index contributed by atoms with van der Waals surface area (Å²) in [6.45, 7) is 0. The van der Waals surface area contributed by atoms with Gasteiger partial charge in [0.1, 0.15) is 9.79 Å². The number of rotatable bonds is 2. The van der Waals surface area contributed by atoms with E-state index in [1.165, 1.54) is 12.1 Å². The maximum absolute atomic E-state index is 11.3. The highest BCUT2D eigenvalue weighted by Gasteiger charge is 2.22. The number of hydrogen-bond donors (Lipinski definition) is 4. The van der Waals surface area contributed by atoms with Crippen molar-refractivity contribution >= 4 is 42.4 Å². The summed E-state index contributed by atoms with van der Waals surface area (Å²) in [5.41, 5.74) is 10.6. The van der Waals surface area contributed by atoms with Crippen molar-refractivity contribution < 1.29 is 25.9 Å². The lowest BCUT2D eigenvalue weighted by Crippen LogP contribution is -2.08. The Kier molecular flexibility index (Phi) is 3.13. The molecule has 0 saturated heterocycles.